The van der Waals surface area contributed by atoms with Gasteiger partial charge in [-0.05, 0) is 92.8 Å². The number of ether oxygens (including phenoxy) is 1. The molecule has 0 aromatic heterocycles. The van der Waals surface area contributed by atoms with Gasteiger partial charge in [0, 0.05) is 18.8 Å². The minimum absolute atomic E-state index is 0.0636. The molecule has 3 saturated carbocycles. The van der Waals surface area contributed by atoms with Crippen molar-refractivity contribution in [2.45, 2.75) is 91.6 Å². The first kappa shape index (κ1) is 20.5. The molecule has 5 rings (SSSR count). The quantitative estimate of drug-likeness (QED) is 0.412. The normalized spacial score (nSPS) is 49.2. The zero-order valence-electron chi connectivity index (χ0n) is 19.2. The van der Waals surface area contributed by atoms with Gasteiger partial charge in [-0.1, -0.05) is 37.6 Å². The summed E-state index contributed by atoms with van der Waals surface area (Å²) in [7, 11) is 0. The Morgan fingerprint density at radius 2 is 1.83 bits per heavy atom. The van der Waals surface area contributed by atoms with Gasteiger partial charge in [-0.15, -0.1) is 0 Å². The second-order valence-electron chi connectivity index (χ2n) is 11.6. The molecule has 0 spiro atoms. The summed E-state index contributed by atoms with van der Waals surface area (Å²) in [5.41, 5.74) is 1.81. The summed E-state index contributed by atoms with van der Waals surface area (Å²) in [6.45, 7) is 8.38. The fourth-order valence-electron chi connectivity index (χ4n) is 9.31. The molecule has 0 heterocycles. The van der Waals surface area contributed by atoms with Gasteiger partial charge in [-0.2, -0.15) is 0 Å². The predicted molar refractivity (Wildman–Crippen MR) is 118 cm³/mol. The highest BCUT2D eigenvalue weighted by Crippen LogP contribution is 2.73. The van der Waals surface area contributed by atoms with E-state index in [2.05, 4.69) is 32.1 Å². The smallest absolute Gasteiger partial charge is 0.302 e. The predicted octanol–water partition coefficient (Wildman–Crippen LogP) is 6.03. The first-order valence-electron chi connectivity index (χ1n) is 12.2. The van der Waals surface area contributed by atoms with Gasteiger partial charge in [0.05, 0.1) is 0 Å². The van der Waals surface area contributed by atoms with E-state index in [9.17, 15) is 9.59 Å². The lowest BCUT2D eigenvalue weighted by Crippen LogP contribution is -2.55. The average molecular weight is 411 g/mol. The highest BCUT2D eigenvalue weighted by atomic mass is 16.5. The van der Waals surface area contributed by atoms with Gasteiger partial charge in [0.1, 0.15) is 11.9 Å². The topological polar surface area (TPSA) is 43.4 Å². The van der Waals surface area contributed by atoms with Crippen LogP contribution in [0.4, 0.5) is 0 Å². The Morgan fingerprint density at radius 1 is 1.03 bits per heavy atom. The summed E-state index contributed by atoms with van der Waals surface area (Å²) in [6, 6.07) is 0. The van der Waals surface area contributed by atoms with Crippen molar-refractivity contribution in [3.8, 4) is 0 Å². The van der Waals surface area contributed by atoms with Crippen LogP contribution in [0.2, 0.25) is 0 Å². The third kappa shape index (κ3) is 2.56. The van der Waals surface area contributed by atoms with Crippen LogP contribution in [0.1, 0.15) is 85.5 Å². The van der Waals surface area contributed by atoms with Gasteiger partial charge in [0.25, 0.3) is 0 Å². The molecule has 0 radical (unpaired) electrons. The van der Waals surface area contributed by atoms with Crippen LogP contribution in [0.5, 0.6) is 0 Å². The van der Waals surface area contributed by atoms with E-state index in [0.29, 0.717) is 29.5 Å². The van der Waals surface area contributed by atoms with E-state index in [0.717, 1.165) is 38.5 Å². The van der Waals surface area contributed by atoms with Crippen LogP contribution in [0.15, 0.2) is 23.8 Å². The fraction of sp³-hybridized carbons (Fsp3) is 0.778. The molecule has 0 bridgehead atoms. The molecule has 3 nitrogen and oxygen atoms in total. The number of allylic oxidation sites excluding steroid dienone is 3. The van der Waals surface area contributed by atoms with Gasteiger partial charge < -0.3 is 4.74 Å². The Balaban J connectivity index is 1.47. The molecule has 0 amide bonds. The maximum Gasteiger partial charge on any atom is 0.302 e. The second-order valence-corrected chi connectivity index (χ2v) is 11.6. The van der Waals surface area contributed by atoms with Crippen molar-refractivity contribution < 1.29 is 14.3 Å². The minimum Gasteiger partial charge on any atom is -0.462 e. The lowest BCUT2D eigenvalue weighted by atomic mass is 9.44. The summed E-state index contributed by atoms with van der Waals surface area (Å²) in [6.07, 6.45) is 17.1. The molecule has 3 heteroatoms. The number of esters is 1. The summed E-state index contributed by atoms with van der Waals surface area (Å²) < 4.78 is 5.59. The number of hydrogen-bond acceptors (Lipinski definition) is 3. The van der Waals surface area contributed by atoms with Crippen molar-refractivity contribution in [1.29, 1.82) is 0 Å². The number of rotatable bonds is 2. The largest absolute Gasteiger partial charge is 0.462 e. The van der Waals surface area contributed by atoms with Crippen molar-refractivity contribution in [2.24, 2.45) is 39.9 Å². The van der Waals surface area contributed by atoms with Gasteiger partial charge >= 0.3 is 5.97 Å². The summed E-state index contributed by atoms with van der Waals surface area (Å²) in [5, 5.41) is 0. The molecule has 0 unspecified atom stereocenters. The average Bonchev–Trinajstić information content (AvgIpc) is 2.98. The van der Waals surface area contributed by atoms with E-state index in [1.165, 1.54) is 26.2 Å². The fourth-order valence-corrected chi connectivity index (χ4v) is 9.31. The number of fused-ring (bicyclic) bond motifs is 7. The first-order chi connectivity index (χ1) is 14.2. The van der Waals surface area contributed by atoms with Crippen LogP contribution in [0, 0.1) is 39.9 Å². The van der Waals surface area contributed by atoms with Crippen molar-refractivity contribution in [3.05, 3.63) is 23.8 Å². The van der Waals surface area contributed by atoms with Crippen molar-refractivity contribution >= 4 is 11.8 Å². The molecule has 0 aromatic carbocycles. The SMILES string of the molecule is CC(=O)O[C@@H]1CC[C@@]2(C)C(=CC[C@@H]3[C@@H]2CC[C@@]2(C)[C@H]3C[C@H]3CC=CC[C@@]32C(C)=O)C1. The Bertz CT molecular complexity index is 824. The van der Waals surface area contributed by atoms with Gasteiger partial charge in [-0.3, -0.25) is 9.59 Å². The molecule has 30 heavy (non-hydrogen) atoms. The molecular weight excluding hydrogens is 372 g/mol. The number of Topliss-reactive ketones (excluding diaryl/α,β-unsaturated/α-hetero) is 1. The van der Waals surface area contributed by atoms with Crippen LogP contribution in [-0.4, -0.2) is 17.9 Å². The third-order valence-corrected chi connectivity index (χ3v) is 10.7. The van der Waals surface area contributed by atoms with Crippen LogP contribution in [0.3, 0.4) is 0 Å². The lowest BCUT2D eigenvalue weighted by molar-refractivity contribution is -0.150. The number of hydrogen-bond donors (Lipinski definition) is 0. The minimum atomic E-state index is -0.150. The summed E-state index contributed by atoms with van der Waals surface area (Å²) in [5.74, 6) is 2.90. The zero-order chi connectivity index (χ0) is 21.3. The monoisotopic (exact) mass is 410 g/mol. The van der Waals surface area contributed by atoms with Crippen molar-refractivity contribution in [2.75, 3.05) is 0 Å². The van der Waals surface area contributed by atoms with E-state index in [4.69, 9.17) is 4.74 Å². The van der Waals surface area contributed by atoms with E-state index >= 15 is 0 Å². The Morgan fingerprint density at radius 3 is 2.57 bits per heavy atom. The second kappa shape index (κ2) is 6.81. The molecule has 0 aromatic rings. The number of ketones is 1. The maximum atomic E-state index is 13.2. The van der Waals surface area contributed by atoms with Gasteiger partial charge in [0.15, 0.2) is 0 Å². The van der Waals surface area contributed by atoms with E-state index < -0.39 is 0 Å². The highest BCUT2D eigenvalue weighted by molar-refractivity contribution is 5.85. The molecule has 8 atom stereocenters. The zero-order valence-corrected chi connectivity index (χ0v) is 19.2. The highest BCUT2D eigenvalue weighted by Gasteiger charge is 2.68. The number of carbonyl (C=O) groups excluding carboxylic acids is 2. The number of carbonyl (C=O) groups is 2. The summed E-state index contributed by atoms with van der Waals surface area (Å²) in [4.78, 5) is 24.6. The Hall–Kier alpha value is -1.38. The maximum absolute atomic E-state index is 13.2. The molecule has 0 aliphatic heterocycles. The van der Waals surface area contributed by atoms with E-state index in [-0.39, 0.29) is 28.3 Å². The molecule has 5 aliphatic carbocycles. The van der Waals surface area contributed by atoms with E-state index in [1.807, 2.05) is 6.92 Å². The van der Waals surface area contributed by atoms with Crippen LogP contribution in [-0.2, 0) is 14.3 Å². The van der Waals surface area contributed by atoms with Crippen LogP contribution >= 0.6 is 0 Å². The van der Waals surface area contributed by atoms with Crippen molar-refractivity contribution in [3.63, 3.8) is 0 Å². The van der Waals surface area contributed by atoms with Crippen molar-refractivity contribution in [1.82, 2.24) is 0 Å². The van der Waals surface area contributed by atoms with Gasteiger partial charge in [-0.25, -0.2) is 0 Å². The van der Waals surface area contributed by atoms with Crippen LogP contribution in [0.25, 0.3) is 0 Å². The third-order valence-electron chi connectivity index (χ3n) is 10.7. The first-order valence-corrected chi connectivity index (χ1v) is 12.2. The van der Waals surface area contributed by atoms with E-state index in [1.54, 1.807) is 5.57 Å². The summed E-state index contributed by atoms with van der Waals surface area (Å²) >= 11 is 0. The van der Waals surface area contributed by atoms with Crippen LogP contribution < -0.4 is 0 Å². The van der Waals surface area contributed by atoms with Gasteiger partial charge in [0.2, 0.25) is 0 Å². The molecule has 164 valence electrons. The molecule has 0 saturated heterocycles. The molecular formula is C27H38O3. The molecule has 3 fully saturated rings. The molecule has 5 aliphatic rings. The standard InChI is InChI=1S/C27H38O3/c1-17(28)27-12-6-5-7-20(27)16-24-22-9-8-19-15-21(30-18(2)29)10-13-25(19,3)23(22)11-14-26(24,27)4/h5-6,8,20-24H,7,9-16H2,1-4H3/t20-,21-,22-,23+,24+,25+,26+,27-/m1/s1. The Kier molecular flexibility index (Phi) is 4.66. The Labute approximate surface area is 181 Å². The lowest BCUT2D eigenvalue weighted by Gasteiger charge is -2.60. The molecule has 0 N–H and O–H groups in total.